The van der Waals surface area contributed by atoms with E-state index in [-0.39, 0.29) is 18.3 Å². The Morgan fingerprint density at radius 3 is 2.11 bits per heavy atom. The number of rotatable bonds is 6. The van der Waals surface area contributed by atoms with E-state index in [1.807, 2.05) is 12.1 Å². The molecule has 0 aliphatic heterocycles. The van der Waals surface area contributed by atoms with Crippen molar-refractivity contribution >= 4 is 34.2 Å². The fourth-order valence-electron chi connectivity index (χ4n) is 2.28. The number of carbonyl (C=O) groups excluding carboxylic acids is 1. The molecule has 0 heterocycles. The summed E-state index contributed by atoms with van der Waals surface area (Å²) < 4.78 is 11.8. The van der Waals surface area contributed by atoms with Gasteiger partial charge in [-0.1, -0.05) is 24.3 Å². The van der Waals surface area contributed by atoms with Crippen LogP contribution >= 0.6 is 22.6 Å². The molecule has 136 valence electrons. The number of nitro benzene ring substituents is 1. The van der Waals surface area contributed by atoms with Crippen molar-refractivity contribution in [3.63, 3.8) is 0 Å². The van der Waals surface area contributed by atoms with Crippen molar-refractivity contribution in [1.29, 1.82) is 0 Å². The number of nitro groups is 1. The summed E-state index contributed by atoms with van der Waals surface area (Å²) in [7, 11) is 0. The van der Waals surface area contributed by atoms with E-state index in [2.05, 4.69) is 22.6 Å². The topological polar surface area (TPSA) is 78.7 Å². The van der Waals surface area contributed by atoms with Crippen LogP contribution in [-0.2, 0) is 11.3 Å². The Morgan fingerprint density at radius 1 is 0.926 bits per heavy atom. The Morgan fingerprint density at radius 2 is 1.52 bits per heavy atom. The highest BCUT2D eigenvalue weighted by molar-refractivity contribution is 14.1. The van der Waals surface area contributed by atoms with Crippen LogP contribution in [0.25, 0.3) is 0 Å². The molecule has 0 saturated carbocycles. The maximum Gasteiger partial charge on any atom is 0.339 e. The molecule has 0 N–H and O–H groups in total. The summed E-state index contributed by atoms with van der Waals surface area (Å²) in [5.41, 5.74) is 1.37. The van der Waals surface area contributed by atoms with E-state index >= 15 is 0 Å². The molecule has 3 aromatic rings. The third kappa shape index (κ3) is 5.04. The zero-order chi connectivity index (χ0) is 19.2. The van der Waals surface area contributed by atoms with Gasteiger partial charge in [0.15, 0.2) is 0 Å². The van der Waals surface area contributed by atoms with E-state index in [4.69, 9.17) is 9.47 Å². The van der Waals surface area contributed by atoms with Crippen molar-refractivity contribution in [2.75, 3.05) is 0 Å². The van der Waals surface area contributed by atoms with Crippen LogP contribution in [0.1, 0.15) is 15.9 Å². The first-order valence-corrected chi connectivity index (χ1v) is 9.04. The predicted octanol–water partition coefficient (Wildman–Crippen LogP) is 5.35. The number of nitrogens with zero attached hydrogens (tertiary/aromatic N) is 1. The normalized spacial score (nSPS) is 10.3. The van der Waals surface area contributed by atoms with Crippen LogP contribution in [-0.4, -0.2) is 10.9 Å². The standard InChI is InChI=1S/C20H14INO5/c21-19-4-2-1-3-18(19)20(23)26-13-14-5-9-16(10-6-14)27-17-11-7-15(8-12-17)22(24)25/h1-12H,13H2. The van der Waals surface area contributed by atoms with Crippen LogP contribution in [0.15, 0.2) is 72.8 Å². The molecule has 0 atom stereocenters. The number of hydrogen-bond donors (Lipinski definition) is 0. The maximum absolute atomic E-state index is 12.1. The summed E-state index contributed by atoms with van der Waals surface area (Å²) in [5, 5.41) is 10.7. The third-order valence-electron chi connectivity index (χ3n) is 3.67. The van der Waals surface area contributed by atoms with Gasteiger partial charge in [-0.15, -0.1) is 0 Å². The Bertz CT molecular complexity index is 955. The maximum atomic E-state index is 12.1. The van der Waals surface area contributed by atoms with Crippen molar-refractivity contribution < 1.29 is 19.2 Å². The van der Waals surface area contributed by atoms with Gasteiger partial charge in [0.25, 0.3) is 5.69 Å². The monoisotopic (exact) mass is 475 g/mol. The molecule has 0 fully saturated rings. The summed E-state index contributed by atoms with van der Waals surface area (Å²) >= 11 is 2.10. The Labute approximate surface area is 169 Å². The highest BCUT2D eigenvalue weighted by atomic mass is 127. The van der Waals surface area contributed by atoms with Gasteiger partial charge in [0.1, 0.15) is 18.1 Å². The molecule has 0 radical (unpaired) electrons. The molecular formula is C20H14INO5. The number of ether oxygens (including phenoxy) is 2. The zero-order valence-electron chi connectivity index (χ0n) is 14.0. The average molecular weight is 475 g/mol. The van der Waals surface area contributed by atoms with Crippen molar-refractivity contribution in [2.45, 2.75) is 6.61 Å². The molecule has 27 heavy (non-hydrogen) atoms. The first-order chi connectivity index (χ1) is 13.0. The molecule has 0 bridgehead atoms. The van der Waals surface area contributed by atoms with Crippen LogP contribution in [0.3, 0.4) is 0 Å². The van der Waals surface area contributed by atoms with Crippen molar-refractivity contribution in [2.24, 2.45) is 0 Å². The molecule has 0 unspecified atom stereocenters. The quantitative estimate of drug-likeness (QED) is 0.208. The average Bonchev–Trinajstić information content (AvgIpc) is 2.68. The lowest BCUT2D eigenvalue weighted by molar-refractivity contribution is -0.384. The van der Waals surface area contributed by atoms with Crippen molar-refractivity contribution in [3.05, 3.63) is 97.6 Å². The fraction of sp³-hybridized carbons (Fsp3) is 0.0500. The molecule has 3 aromatic carbocycles. The van der Waals surface area contributed by atoms with Crippen LogP contribution in [0.4, 0.5) is 5.69 Å². The van der Waals surface area contributed by atoms with E-state index in [0.717, 1.165) is 9.13 Å². The minimum Gasteiger partial charge on any atom is -0.457 e. The van der Waals surface area contributed by atoms with Crippen LogP contribution in [0, 0.1) is 13.7 Å². The molecule has 7 heteroatoms. The van der Waals surface area contributed by atoms with Gasteiger partial charge < -0.3 is 9.47 Å². The van der Waals surface area contributed by atoms with E-state index in [1.165, 1.54) is 24.3 Å². The van der Waals surface area contributed by atoms with E-state index in [9.17, 15) is 14.9 Å². The number of hydrogen-bond acceptors (Lipinski definition) is 5. The number of esters is 1. The number of halogens is 1. The summed E-state index contributed by atoms with van der Waals surface area (Å²) in [5.74, 6) is 0.709. The summed E-state index contributed by atoms with van der Waals surface area (Å²) in [6.45, 7) is 0.154. The summed E-state index contributed by atoms with van der Waals surface area (Å²) in [6.07, 6.45) is 0. The lowest BCUT2D eigenvalue weighted by Gasteiger charge is -2.08. The second kappa shape index (κ2) is 8.63. The second-order valence-corrected chi connectivity index (χ2v) is 6.72. The van der Waals surface area contributed by atoms with Crippen molar-refractivity contribution in [3.8, 4) is 11.5 Å². The predicted molar refractivity (Wildman–Crippen MR) is 108 cm³/mol. The first-order valence-electron chi connectivity index (χ1n) is 7.96. The summed E-state index contributed by atoms with van der Waals surface area (Å²) in [6, 6.07) is 20.2. The molecule has 6 nitrogen and oxygen atoms in total. The van der Waals surface area contributed by atoms with E-state index in [1.54, 1.807) is 36.4 Å². The van der Waals surface area contributed by atoms with E-state index in [0.29, 0.717) is 17.1 Å². The smallest absolute Gasteiger partial charge is 0.339 e. The molecule has 0 aliphatic carbocycles. The Kier molecular flexibility index (Phi) is 6.02. The third-order valence-corrected chi connectivity index (χ3v) is 4.61. The van der Waals surface area contributed by atoms with Gasteiger partial charge in [-0.2, -0.15) is 0 Å². The molecule has 0 aromatic heterocycles. The highest BCUT2D eigenvalue weighted by Crippen LogP contribution is 2.24. The van der Waals surface area contributed by atoms with Crippen LogP contribution in [0.2, 0.25) is 0 Å². The first kappa shape index (κ1) is 18.8. The Balaban J connectivity index is 1.58. The minimum absolute atomic E-state index is 0.00703. The van der Waals surface area contributed by atoms with Gasteiger partial charge in [-0.05, 0) is 64.6 Å². The minimum atomic E-state index is -0.462. The largest absolute Gasteiger partial charge is 0.457 e. The number of non-ortho nitro benzene ring substituents is 1. The van der Waals surface area contributed by atoms with Gasteiger partial charge in [-0.3, -0.25) is 10.1 Å². The van der Waals surface area contributed by atoms with Crippen LogP contribution < -0.4 is 4.74 Å². The van der Waals surface area contributed by atoms with Crippen molar-refractivity contribution in [1.82, 2.24) is 0 Å². The highest BCUT2D eigenvalue weighted by Gasteiger charge is 2.11. The van der Waals surface area contributed by atoms with Gasteiger partial charge in [-0.25, -0.2) is 4.79 Å². The number of benzene rings is 3. The van der Waals surface area contributed by atoms with Crippen LogP contribution in [0.5, 0.6) is 11.5 Å². The Hall–Kier alpha value is -2.94. The fourth-order valence-corrected chi connectivity index (χ4v) is 2.89. The lowest BCUT2D eigenvalue weighted by atomic mass is 10.2. The van der Waals surface area contributed by atoms with Gasteiger partial charge >= 0.3 is 5.97 Å². The van der Waals surface area contributed by atoms with Gasteiger partial charge in [0.05, 0.1) is 10.5 Å². The second-order valence-electron chi connectivity index (χ2n) is 5.55. The molecule has 0 aliphatic rings. The lowest BCUT2D eigenvalue weighted by Crippen LogP contribution is -2.06. The van der Waals surface area contributed by atoms with Gasteiger partial charge in [0.2, 0.25) is 0 Å². The molecule has 0 saturated heterocycles. The molecule has 3 rings (SSSR count). The number of carbonyl (C=O) groups is 1. The zero-order valence-corrected chi connectivity index (χ0v) is 16.2. The van der Waals surface area contributed by atoms with E-state index < -0.39 is 4.92 Å². The SMILES string of the molecule is O=C(OCc1ccc(Oc2ccc([N+](=O)[O-])cc2)cc1)c1ccccc1I. The molecule has 0 spiro atoms. The van der Waals surface area contributed by atoms with Gasteiger partial charge in [0, 0.05) is 15.7 Å². The summed E-state index contributed by atoms with van der Waals surface area (Å²) in [4.78, 5) is 22.3. The molecular weight excluding hydrogens is 461 g/mol. The molecule has 0 amide bonds.